The van der Waals surface area contributed by atoms with Crippen molar-refractivity contribution in [2.75, 3.05) is 6.61 Å². The molecule has 0 aliphatic carbocycles. The molecule has 1 aliphatic heterocycles. The third kappa shape index (κ3) is 2.63. The molecule has 2 heteroatoms. The SMILES string of the molecule is CC(C)(C)C1COC(Cc2ccccc2)=N1. The van der Waals surface area contributed by atoms with Crippen LogP contribution in [-0.2, 0) is 11.2 Å². The van der Waals surface area contributed by atoms with E-state index >= 15 is 0 Å². The topological polar surface area (TPSA) is 21.6 Å². The van der Waals surface area contributed by atoms with Gasteiger partial charge in [0.25, 0.3) is 0 Å². The molecule has 2 rings (SSSR count). The fraction of sp³-hybridized carbons (Fsp3) is 0.500. The lowest BCUT2D eigenvalue weighted by Crippen LogP contribution is -2.25. The summed E-state index contributed by atoms with van der Waals surface area (Å²) in [6, 6.07) is 10.6. The fourth-order valence-corrected chi connectivity index (χ4v) is 1.73. The third-order valence-corrected chi connectivity index (χ3v) is 2.91. The smallest absolute Gasteiger partial charge is 0.188 e. The van der Waals surface area contributed by atoms with Gasteiger partial charge in [0.15, 0.2) is 5.90 Å². The number of hydrogen-bond acceptors (Lipinski definition) is 2. The molecule has 1 unspecified atom stereocenters. The van der Waals surface area contributed by atoms with Gasteiger partial charge >= 0.3 is 0 Å². The van der Waals surface area contributed by atoms with Crippen molar-refractivity contribution in [2.45, 2.75) is 33.2 Å². The number of benzene rings is 1. The first-order chi connectivity index (χ1) is 7.55. The Kier molecular flexibility index (Phi) is 2.99. The highest BCUT2D eigenvalue weighted by molar-refractivity contribution is 5.80. The number of rotatable bonds is 2. The Bertz CT molecular complexity index is 375. The zero-order chi connectivity index (χ0) is 11.6. The van der Waals surface area contributed by atoms with Crippen molar-refractivity contribution in [2.24, 2.45) is 10.4 Å². The zero-order valence-electron chi connectivity index (χ0n) is 10.2. The summed E-state index contributed by atoms with van der Waals surface area (Å²) in [7, 11) is 0. The monoisotopic (exact) mass is 217 g/mol. The van der Waals surface area contributed by atoms with E-state index in [4.69, 9.17) is 4.74 Å². The van der Waals surface area contributed by atoms with E-state index in [0.29, 0.717) is 6.04 Å². The summed E-state index contributed by atoms with van der Waals surface area (Å²) in [4.78, 5) is 4.65. The summed E-state index contributed by atoms with van der Waals surface area (Å²) in [6.07, 6.45) is 0.813. The van der Waals surface area contributed by atoms with Gasteiger partial charge in [-0.25, -0.2) is 4.99 Å². The van der Waals surface area contributed by atoms with E-state index in [0.717, 1.165) is 18.9 Å². The van der Waals surface area contributed by atoms with Crippen LogP contribution in [0.25, 0.3) is 0 Å². The molecule has 0 bridgehead atoms. The summed E-state index contributed by atoms with van der Waals surface area (Å²) in [5.74, 6) is 0.881. The summed E-state index contributed by atoms with van der Waals surface area (Å²) in [5, 5.41) is 0. The highest BCUT2D eigenvalue weighted by Crippen LogP contribution is 2.26. The predicted molar refractivity (Wildman–Crippen MR) is 66.8 cm³/mol. The quantitative estimate of drug-likeness (QED) is 0.746. The normalized spacial score (nSPS) is 20.4. The molecule has 86 valence electrons. The molecule has 0 fully saturated rings. The highest BCUT2D eigenvalue weighted by Gasteiger charge is 2.29. The van der Waals surface area contributed by atoms with Crippen LogP contribution in [0.15, 0.2) is 35.3 Å². The van der Waals surface area contributed by atoms with Gasteiger partial charge in [-0.05, 0) is 11.0 Å². The maximum absolute atomic E-state index is 5.65. The Balaban J connectivity index is 2.03. The van der Waals surface area contributed by atoms with Crippen LogP contribution in [0.5, 0.6) is 0 Å². The van der Waals surface area contributed by atoms with Gasteiger partial charge in [0.2, 0.25) is 0 Å². The molecule has 0 radical (unpaired) electrons. The zero-order valence-corrected chi connectivity index (χ0v) is 10.2. The summed E-state index contributed by atoms with van der Waals surface area (Å²) < 4.78 is 5.65. The summed E-state index contributed by atoms with van der Waals surface area (Å²) >= 11 is 0. The minimum absolute atomic E-state index is 0.193. The Morgan fingerprint density at radius 2 is 1.94 bits per heavy atom. The number of ether oxygens (including phenoxy) is 1. The van der Waals surface area contributed by atoms with E-state index in [1.165, 1.54) is 5.56 Å². The van der Waals surface area contributed by atoms with Gasteiger partial charge in [0, 0.05) is 6.42 Å². The molecule has 0 amide bonds. The Hall–Kier alpha value is -1.31. The van der Waals surface area contributed by atoms with Crippen molar-refractivity contribution >= 4 is 5.90 Å². The van der Waals surface area contributed by atoms with Crippen LogP contribution in [-0.4, -0.2) is 18.5 Å². The number of nitrogens with zero attached hydrogens (tertiary/aromatic N) is 1. The van der Waals surface area contributed by atoms with Gasteiger partial charge in [-0.2, -0.15) is 0 Å². The lowest BCUT2D eigenvalue weighted by Gasteiger charge is -2.21. The van der Waals surface area contributed by atoms with Gasteiger partial charge in [-0.3, -0.25) is 0 Å². The first-order valence-electron chi connectivity index (χ1n) is 5.79. The molecule has 0 saturated heterocycles. The second-order valence-electron chi connectivity index (χ2n) is 5.38. The van der Waals surface area contributed by atoms with E-state index < -0.39 is 0 Å². The van der Waals surface area contributed by atoms with Gasteiger partial charge in [-0.1, -0.05) is 51.1 Å². The van der Waals surface area contributed by atoms with Crippen LogP contribution >= 0.6 is 0 Å². The first-order valence-corrected chi connectivity index (χ1v) is 5.79. The van der Waals surface area contributed by atoms with Crippen LogP contribution in [0.1, 0.15) is 26.3 Å². The maximum atomic E-state index is 5.65. The number of hydrogen-bond donors (Lipinski definition) is 0. The standard InChI is InChI=1S/C14H19NO/c1-14(2,3)12-10-16-13(15-12)9-11-7-5-4-6-8-11/h4-8,12H,9-10H2,1-3H3. The van der Waals surface area contributed by atoms with E-state index in [9.17, 15) is 0 Å². The Morgan fingerprint density at radius 3 is 2.50 bits per heavy atom. The highest BCUT2D eigenvalue weighted by atomic mass is 16.5. The van der Waals surface area contributed by atoms with Crippen LogP contribution in [0.4, 0.5) is 0 Å². The fourth-order valence-electron chi connectivity index (χ4n) is 1.73. The van der Waals surface area contributed by atoms with E-state index in [-0.39, 0.29) is 5.41 Å². The molecule has 0 spiro atoms. The molecule has 0 saturated carbocycles. The van der Waals surface area contributed by atoms with Crippen molar-refractivity contribution in [3.05, 3.63) is 35.9 Å². The minimum atomic E-state index is 0.193. The van der Waals surface area contributed by atoms with Gasteiger partial charge < -0.3 is 4.74 Å². The lowest BCUT2D eigenvalue weighted by molar-refractivity contribution is 0.233. The van der Waals surface area contributed by atoms with Gasteiger partial charge in [-0.15, -0.1) is 0 Å². The summed E-state index contributed by atoms with van der Waals surface area (Å²) in [5.41, 5.74) is 1.45. The van der Waals surface area contributed by atoms with Crippen LogP contribution in [0.2, 0.25) is 0 Å². The molecule has 0 N–H and O–H groups in total. The second-order valence-corrected chi connectivity index (χ2v) is 5.38. The predicted octanol–water partition coefficient (Wildman–Crippen LogP) is 3.07. The molecule has 1 aromatic carbocycles. The number of aliphatic imine (C=N–C) groups is 1. The van der Waals surface area contributed by atoms with Crippen LogP contribution in [0, 0.1) is 5.41 Å². The molecule has 1 atom stereocenters. The molecule has 16 heavy (non-hydrogen) atoms. The van der Waals surface area contributed by atoms with E-state index in [1.54, 1.807) is 0 Å². The largest absolute Gasteiger partial charge is 0.478 e. The molecule has 1 aromatic rings. The molecular formula is C14H19NO. The third-order valence-electron chi connectivity index (χ3n) is 2.91. The summed E-state index contributed by atoms with van der Waals surface area (Å²) in [6.45, 7) is 7.34. The van der Waals surface area contributed by atoms with E-state index in [1.807, 2.05) is 18.2 Å². The van der Waals surface area contributed by atoms with E-state index in [2.05, 4.69) is 37.9 Å². The molecule has 1 heterocycles. The van der Waals surface area contributed by atoms with Crippen LogP contribution in [0.3, 0.4) is 0 Å². The molecule has 1 aliphatic rings. The van der Waals surface area contributed by atoms with Crippen molar-refractivity contribution < 1.29 is 4.74 Å². The average molecular weight is 217 g/mol. The van der Waals surface area contributed by atoms with Gasteiger partial charge in [0.05, 0.1) is 6.04 Å². The van der Waals surface area contributed by atoms with Gasteiger partial charge in [0.1, 0.15) is 6.61 Å². The minimum Gasteiger partial charge on any atom is -0.478 e. The second kappa shape index (κ2) is 4.28. The van der Waals surface area contributed by atoms with Crippen molar-refractivity contribution in [3.8, 4) is 0 Å². The van der Waals surface area contributed by atoms with Crippen molar-refractivity contribution in [1.82, 2.24) is 0 Å². The van der Waals surface area contributed by atoms with Crippen molar-refractivity contribution in [1.29, 1.82) is 0 Å². The van der Waals surface area contributed by atoms with Crippen molar-refractivity contribution in [3.63, 3.8) is 0 Å². The average Bonchev–Trinajstić information content (AvgIpc) is 2.67. The maximum Gasteiger partial charge on any atom is 0.188 e. The molecule has 0 aromatic heterocycles. The first kappa shape index (κ1) is 11.2. The lowest BCUT2D eigenvalue weighted by atomic mass is 9.88. The Labute approximate surface area is 97.4 Å². The molecular weight excluding hydrogens is 198 g/mol. The Morgan fingerprint density at radius 1 is 1.25 bits per heavy atom. The molecule has 2 nitrogen and oxygen atoms in total. The van der Waals surface area contributed by atoms with Crippen LogP contribution < -0.4 is 0 Å².